The molecule has 0 spiro atoms. The standard InChI is InChI=1S/C19H15N3O3S2/c23-17-11-26-16-7-6-12(8-15(16)22-17)18(24)25-9-14-10-27-19(21-14)20-13-4-2-1-3-5-13/h1-8,10H,9,11H2,(H,20,21)(H,22,23). The Hall–Kier alpha value is -2.84. The molecule has 136 valence electrons. The normalized spacial score (nSPS) is 12.8. The van der Waals surface area contributed by atoms with E-state index in [9.17, 15) is 9.59 Å². The average molecular weight is 397 g/mol. The second-order valence-electron chi connectivity index (χ2n) is 5.76. The van der Waals surface area contributed by atoms with E-state index >= 15 is 0 Å². The van der Waals surface area contributed by atoms with Crippen LogP contribution < -0.4 is 10.6 Å². The SMILES string of the molecule is O=C1CSc2ccc(C(=O)OCc3csc(Nc4ccccc4)n3)cc2N1. The van der Waals surface area contributed by atoms with Crippen LogP contribution in [0.4, 0.5) is 16.5 Å². The number of carbonyl (C=O) groups excluding carboxylic acids is 2. The van der Waals surface area contributed by atoms with E-state index in [-0.39, 0.29) is 12.5 Å². The molecule has 1 aromatic heterocycles. The number of rotatable bonds is 5. The number of hydrogen-bond donors (Lipinski definition) is 2. The van der Waals surface area contributed by atoms with Gasteiger partial charge in [-0.2, -0.15) is 0 Å². The number of anilines is 3. The zero-order valence-corrected chi connectivity index (χ0v) is 15.7. The Labute approximate surface area is 164 Å². The van der Waals surface area contributed by atoms with Crippen molar-refractivity contribution in [2.24, 2.45) is 0 Å². The molecule has 3 aromatic rings. The number of aromatic nitrogens is 1. The van der Waals surface area contributed by atoms with Gasteiger partial charge in [-0.05, 0) is 30.3 Å². The van der Waals surface area contributed by atoms with Crippen molar-refractivity contribution in [3.05, 3.63) is 65.2 Å². The van der Waals surface area contributed by atoms with E-state index in [1.807, 2.05) is 41.8 Å². The summed E-state index contributed by atoms with van der Waals surface area (Å²) in [7, 11) is 0. The Kier molecular flexibility index (Phi) is 5.08. The first-order valence-corrected chi connectivity index (χ1v) is 10.0. The van der Waals surface area contributed by atoms with Gasteiger partial charge in [0.15, 0.2) is 5.13 Å². The molecule has 0 saturated heterocycles. The van der Waals surface area contributed by atoms with Gasteiger partial charge in [-0.15, -0.1) is 23.1 Å². The quantitative estimate of drug-likeness (QED) is 0.625. The summed E-state index contributed by atoms with van der Waals surface area (Å²) in [6.45, 7) is 0.0873. The van der Waals surface area contributed by atoms with Crippen LogP contribution in [0.3, 0.4) is 0 Å². The van der Waals surface area contributed by atoms with Gasteiger partial charge < -0.3 is 15.4 Å². The molecular formula is C19H15N3O3S2. The minimum absolute atomic E-state index is 0.0704. The van der Waals surface area contributed by atoms with Gasteiger partial charge in [-0.25, -0.2) is 9.78 Å². The van der Waals surface area contributed by atoms with Crippen LogP contribution in [0, 0.1) is 0 Å². The number of thiazole rings is 1. The minimum atomic E-state index is -0.451. The number of hydrogen-bond acceptors (Lipinski definition) is 7. The van der Waals surface area contributed by atoms with Crippen LogP contribution in [-0.2, 0) is 16.1 Å². The molecule has 4 rings (SSSR count). The molecular weight excluding hydrogens is 382 g/mol. The summed E-state index contributed by atoms with van der Waals surface area (Å²) < 4.78 is 5.35. The maximum absolute atomic E-state index is 12.3. The largest absolute Gasteiger partial charge is 0.456 e. The highest BCUT2D eigenvalue weighted by Gasteiger charge is 2.18. The van der Waals surface area contributed by atoms with E-state index in [4.69, 9.17) is 4.74 Å². The fourth-order valence-electron chi connectivity index (χ4n) is 2.51. The molecule has 27 heavy (non-hydrogen) atoms. The Morgan fingerprint density at radius 2 is 2.07 bits per heavy atom. The number of amides is 1. The highest BCUT2D eigenvalue weighted by molar-refractivity contribution is 8.00. The van der Waals surface area contributed by atoms with E-state index in [2.05, 4.69) is 15.6 Å². The first kappa shape index (κ1) is 17.6. The highest BCUT2D eigenvalue weighted by Crippen LogP contribution is 2.32. The first-order valence-electron chi connectivity index (χ1n) is 8.18. The van der Waals surface area contributed by atoms with Crippen molar-refractivity contribution >= 4 is 51.5 Å². The molecule has 0 atom stereocenters. The molecule has 2 N–H and O–H groups in total. The fraction of sp³-hybridized carbons (Fsp3) is 0.105. The van der Waals surface area contributed by atoms with Gasteiger partial charge in [-0.3, -0.25) is 4.79 Å². The van der Waals surface area contributed by atoms with Crippen LogP contribution in [-0.4, -0.2) is 22.6 Å². The molecule has 2 aromatic carbocycles. The van der Waals surface area contributed by atoms with Crippen LogP contribution in [0.1, 0.15) is 16.1 Å². The second-order valence-corrected chi connectivity index (χ2v) is 7.63. The van der Waals surface area contributed by atoms with Gasteiger partial charge >= 0.3 is 5.97 Å². The predicted octanol–water partition coefficient (Wildman–Crippen LogP) is 4.29. The second kappa shape index (κ2) is 7.81. The van der Waals surface area contributed by atoms with Gasteiger partial charge in [0.05, 0.1) is 22.7 Å². The zero-order valence-electron chi connectivity index (χ0n) is 14.1. The highest BCUT2D eigenvalue weighted by atomic mass is 32.2. The number of thioether (sulfide) groups is 1. The van der Waals surface area contributed by atoms with Crippen molar-refractivity contribution in [2.75, 3.05) is 16.4 Å². The number of para-hydroxylation sites is 1. The van der Waals surface area contributed by atoms with Crippen LogP contribution in [0.2, 0.25) is 0 Å². The molecule has 0 bridgehead atoms. The lowest BCUT2D eigenvalue weighted by molar-refractivity contribution is -0.113. The van der Waals surface area contributed by atoms with Crippen molar-refractivity contribution in [2.45, 2.75) is 11.5 Å². The molecule has 0 saturated carbocycles. The monoisotopic (exact) mass is 397 g/mol. The summed E-state index contributed by atoms with van der Waals surface area (Å²) in [5.74, 6) is -0.132. The molecule has 8 heteroatoms. The number of nitrogens with one attached hydrogen (secondary N) is 2. The van der Waals surface area contributed by atoms with E-state index in [0.717, 1.165) is 15.7 Å². The van der Waals surface area contributed by atoms with Crippen LogP contribution in [0.5, 0.6) is 0 Å². The lowest BCUT2D eigenvalue weighted by Crippen LogP contribution is -2.19. The lowest BCUT2D eigenvalue weighted by atomic mass is 10.2. The molecule has 0 unspecified atom stereocenters. The summed E-state index contributed by atoms with van der Waals surface area (Å²) in [6, 6.07) is 14.9. The summed E-state index contributed by atoms with van der Waals surface area (Å²) >= 11 is 2.90. The Bertz CT molecular complexity index is 989. The van der Waals surface area contributed by atoms with Crippen molar-refractivity contribution in [3.63, 3.8) is 0 Å². The lowest BCUT2D eigenvalue weighted by Gasteiger charge is -2.16. The van der Waals surface area contributed by atoms with E-state index < -0.39 is 5.97 Å². The Balaban J connectivity index is 1.37. The molecule has 1 aliphatic heterocycles. The van der Waals surface area contributed by atoms with Crippen LogP contribution in [0.25, 0.3) is 0 Å². The van der Waals surface area contributed by atoms with E-state index in [1.165, 1.54) is 23.1 Å². The molecule has 1 aliphatic rings. The molecule has 0 radical (unpaired) electrons. The van der Waals surface area contributed by atoms with Crippen molar-refractivity contribution in [1.29, 1.82) is 0 Å². The van der Waals surface area contributed by atoms with Gasteiger partial charge in [0.2, 0.25) is 5.91 Å². The molecule has 1 amide bonds. The fourth-order valence-corrected chi connectivity index (χ4v) is 4.01. The maximum Gasteiger partial charge on any atom is 0.338 e. The maximum atomic E-state index is 12.3. The molecule has 0 aliphatic carbocycles. The number of esters is 1. The van der Waals surface area contributed by atoms with Crippen molar-refractivity contribution in [1.82, 2.24) is 4.98 Å². The molecule has 6 nitrogen and oxygen atoms in total. The smallest absolute Gasteiger partial charge is 0.338 e. The Morgan fingerprint density at radius 1 is 1.22 bits per heavy atom. The van der Waals surface area contributed by atoms with Crippen molar-refractivity contribution in [3.8, 4) is 0 Å². The van der Waals surface area contributed by atoms with Gasteiger partial charge in [0.25, 0.3) is 0 Å². The first-order chi connectivity index (χ1) is 13.2. The molecule has 2 heterocycles. The van der Waals surface area contributed by atoms with Crippen LogP contribution >= 0.6 is 23.1 Å². The topological polar surface area (TPSA) is 80.3 Å². The summed E-state index contributed by atoms with van der Waals surface area (Å²) in [5.41, 5.74) is 2.67. The number of benzene rings is 2. The number of nitrogens with zero attached hydrogens (tertiary/aromatic N) is 1. The third kappa shape index (κ3) is 4.29. The minimum Gasteiger partial charge on any atom is -0.456 e. The third-order valence-corrected chi connectivity index (χ3v) is 5.66. The van der Waals surface area contributed by atoms with Crippen LogP contribution in [0.15, 0.2) is 58.8 Å². The van der Waals surface area contributed by atoms with E-state index in [0.29, 0.717) is 22.7 Å². The Morgan fingerprint density at radius 3 is 2.93 bits per heavy atom. The third-order valence-electron chi connectivity index (χ3n) is 3.78. The summed E-state index contributed by atoms with van der Waals surface area (Å²) in [4.78, 5) is 29.2. The summed E-state index contributed by atoms with van der Waals surface area (Å²) in [5, 5.41) is 8.56. The average Bonchev–Trinajstić information content (AvgIpc) is 3.13. The predicted molar refractivity (Wildman–Crippen MR) is 107 cm³/mol. The van der Waals surface area contributed by atoms with Gasteiger partial charge in [0.1, 0.15) is 6.61 Å². The summed E-state index contributed by atoms with van der Waals surface area (Å²) in [6.07, 6.45) is 0. The van der Waals surface area contributed by atoms with Gasteiger partial charge in [0, 0.05) is 16.0 Å². The van der Waals surface area contributed by atoms with Crippen molar-refractivity contribution < 1.29 is 14.3 Å². The van der Waals surface area contributed by atoms with Gasteiger partial charge in [-0.1, -0.05) is 18.2 Å². The molecule has 0 fully saturated rings. The van der Waals surface area contributed by atoms with E-state index in [1.54, 1.807) is 12.1 Å². The number of fused-ring (bicyclic) bond motifs is 1. The zero-order chi connectivity index (χ0) is 18.6. The number of ether oxygens (including phenoxy) is 1. The number of carbonyl (C=O) groups is 2.